The van der Waals surface area contributed by atoms with Crippen molar-refractivity contribution in [3.63, 3.8) is 0 Å². The van der Waals surface area contributed by atoms with E-state index in [1.54, 1.807) is 11.8 Å². The van der Waals surface area contributed by atoms with Crippen molar-refractivity contribution in [1.82, 2.24) is 9.55 Å². The van der Waals surface area contributed by atoms with Gasteiger partial charge in [0.05, 0.1) is 37.6 Å². The fraction of sp³-hybridized carbons (Fsp3) is 0.833. The smallest absolute Gasteiger partial charge is 0.372 e. The van der Waals surface area contributed by atoms with Crippen LogP contribution >= 0.6 is 19.6 Å². The zero-order chi connectivity index (χ0) is 28.8. The lowest BCUT2D eigenvalue weighted by molar-refractivity contribution is -0.0384. The van der Waals surface area contributed by atoms with Crippen LogP contribution in [0.3, 0.4) is 0 Å². The highest BCUT2D eigenvalue weighted by Gasteiger charge is 2.38. The first-order valence-corrected chi connectivity index (χ1v) is 16.3. The van der Waals surface area contributed by atoms with E-state index in [2.05, 4.69) is 21.9 Å². The Balaban J connectivity index is 1.88. The molecule has 1 aromatic rings. The number of phosphoric acid groups is 1. The highest BCUT2D eigenvalue weighted by molar-refractivity contribution is 7.98. The molecule has 2 heterocycles. The normalized spacial score (nSPS) is 22.2. The number of phosphoric ester groups is 1. The zero-order valence-corrected chi connectivity index (χ0v) is 24.9. The third kappa shape index (κ3) is 11.8. The molecule has 1 aliphatic rings. The molecular formula is C24H42N5O8PS. The number of H-pyrrole nitrogens is 1. The molecule has 222 valence electrons. The largest absolute Gasteiger partial charge is 0.472 e. The highest BCUT2D eigenvalue weighted by atomic mass is 32.2. The van der Waals surface area contributed by atoms with Crippen molar-refractivity contribution in [3.8, 4) is 0 Å². The van der Waals surface area contributed by atoms with Gasteiger partial charge in [0.25, 0.3) is 5.56 Å². The van der Waals surface area contributed by atoms with Gasteiger partial charge in [0.2, 0.25) is 0 Å². The summed E-state index contributed by atoms with van der Waals surface area (Å²) in [6.45, 7) is 5.19. The number of hydrogen-bond acceptors (Lipinski definition) is 9. The molecule has 0 aromatic carbocycles. The molecular weight excluding hydrogens is 549 g/mol. The molecule has 13 nitrogen and oxygen atoms in total. The predicted molar refractivity (Wildman–Crippen MR) is 150 cm³/mol. The lowest BCUT2D eigenvalue weighted by Gasteiger charge is -2.23. The van der Waals surface area contributed by atoms with Crippen LogP contribution < -0.4 is 11.2 Å². The quantitative estimate of drug-likeness (QED) is 0.0749. The molecule has 0 saturated carbocycles. The van der Waals surface area contributed by atoms with E-state index < -0.39 is 50.2 Å². The van der Waals surface area contributed by atoms with Gasteiger partial charge in [-0.1, -0.05) is 50.6 Å². The van der Waals surface area contributed by atoms with Gasteiger partial charge in [-0.15, -0.1) is 0 Å². The first kappa shape index (κ1) is 33.6. The minimum Gasteiger partial charge on any atom is -0.372 e. The van der Waals surface area contributed by atoms with E-state index in [0.29, 0.717) is 11.3 Å². The van der Waals surface area contributed by atoms with E-state index in [1.165, 1.54) is 43.4 Å². The molecule has 0 spiro atoms. The van der Waals surface area contributed by atoms with E-state index in [0.717, 1.165) is 19.3 Å². The molecule has 2 N–H and O–H groups in total. The Bertz CT molecular complexity index is 1100. The van der Waals surface area contributed by atoms with Crippen molar-refractivity contribution >= 4 is 19.6 Å². The second-order valence-corrected chi connectivity index (χ2v) is 12.1. The van der Waals surface area contributed by atoms with E-state index in [1.807, 2.05) is 13.2 Å². The average molecular weight is 592 g/mol. The highest BCUT2D eigenvalue weighted by Crippen LogP contribution is 2.45. The third-order valence-corrected chi connectivity index (χ3v) is 8.08. The Kier molecular flexibility index (Phi) is 14.8. The van der Waals surface area contributed by atoms with Gasteiger partial charge < -0.3 is 14.4 Å². The molecule has 39 heavy (non-hydrogen) atoms. The van der Waals surface area contributed by atoms with Crippen molar-refractivity contribution in [2.24, 2.45) is 5.11 Å². The van der Waals surface area contributed by atoms with Crippen molar-refractivity contribution in [3.05, 3.63) is 43.0 Å². The summed E-state index contributed by atoms with van der Waals surface area (Å²) in [4.78, 5) is 39.2. The second kappa shape index (κ2) is 17.2. The minimum absolute atomic E-state index is 0.00990. The summed E-state index contributed by atoms with van der Waals surface area (Å²) in [5.74, 6) is 0.584. The van der Waals surface area contributed by atoms with Crippen LogP contribution in [0.4, 0.5) is 0 Å². The molecule has 1 aliphatic heterocycles. The Morgan fingerprint density at radius 2 is 2.03 bits per heavy atom. The first-order valence-electron chi connectivity index (χ1n) is 13.4. The third-order valence-electron chi connectivity index (χ3n) is 6.43. The number of nitrogens with one attached hydrogen (secondary N) is 1. The lowest BCUT2D eigenvalue weighted by Crippen LogP contribution is -2.33. The van der Waals surface area contributed by atoms with Crippen molar-refractivity contribution in [2.75, 3.05) is 25.2 Å². The summed E-state index contributed by atoms with van der Waals surface area (Å²) in [5.41, 5.74) is 8.04. The monoisotopic (exact) mass is 591 g/mol. The summed E-state index contributed by atoms with van der Waals surface area (Å²) in [7, 11) is -4.48. The van der Waals surface area contributed by atoms with Gasteiger partial charge in [0.15, 0.2) is 0 Å². The minimum atomic E-state index is -4.48. The van der Waals surface area contributed by atoms with Gasteiger partial charge in [-0.2, -0.15) is 11.8 Å². The number of aryl methyl sites for hydroxylation is 1. The number of unbranched alkanes of at least 4 members (excludes halogenated alkanes) is 5. The van der Waals surface area contributed by atoms with Crippen LogP contribution in [0.5, 0.6) is 0 Å². The topological polar surface area (TPSA) is 178 Å². The number of rotatable bonds is 19. The van der Waals surface area contributed by atoms with Crippen LogP contribution in [0.1, 0.15) is 77.0 Å². The summed E-state index contributed by atoms with van der Waals surface area (Å²) < 4.78 is 36.1. The number of aromatic amines is 1. The molecule has 0 aliphatic carbocycles. The van der Waals surface area contributed by atoms with Crippen molar-refractivity contribution in [2.45, 2.75) is 103 Å². The molecule has 0 amide bonds. The molecule has 6 unspecified atom stereocenters. The Labute approximate surface area is 233 Å². The van der Waals surface area contributed by atoms with Crippen LogP contribution in [0.2, 0.25) is 0 Å². The van der Waals surface area contributed by atoms with Gasteiger partial charge in [0, 0.05) is 28.8 Å². The summed E-state index contributed by atoms with van der Waals surface area (Å²) in [6, 6.07) is -0.769. The molecule has 1 saturated heterocycles. The summed E-state index contributed by atoms with van der Waals surface area (Å²) in [5, 5.41) is 3.68. The van der Waals surface area contributed by atoms with Crippen molar-refractivity contribution < 1.29 is 28.0 Å². The van der Waals surface area contributed by atoms with Crippen LogP contribution in [-0.2, 0) is 23.1 Å². The SMILES string of the molecule is CCCCCCCCC(C)OC(COP(=O)(O)OCC1OC(n2cc(C)c(=O)[nH]c2=O)CC1N=[N+]=[N-])CSC. The molecule has 1 aromatic heterocycles. The summed E-state index contributed by atoms with van der Waals surface area (Å²) in [6.07, 6.45) is 9.29. The standard InChI is InChI=1S/C24H42N5O8PS/c1-5-6-7-8-9-10-11-18(3)36-19(16-39-4)14-34-38(32,33)35-15-21-20(27-28-25)12-22(37-21)29-13-17(2)23(30)26-24(29)31/h13,18-22H,5-12,14-16H2,1-4H3,(H,32,33)(H,26,30,31). The fourth-order valence-electron chi connectivity index (χ4n) is 4.33. The van der Waals surface area contributed by atoms with Crippen LogP contribution in [0.15, 0.2) is 20.9 Å². The number of thioether (sulfide) groups is 1. The van der Waals surface area contributed by atoms with E-state index in [4.69, 9.17) is 24.1 Å². The molecule has 0 radical (unpaired) electrons. The van der Waals surface area contributed by atoms with E-state index >= 15 is 0 Å². The second-order valence-electron chi connectivity index (χ2n) is 9.76. The maximum absolute atomic E-state index is 12.6. The van der Waals surface area contributed by atoms with Gasteiger partial charge in [0.1, 0.15) is 6.23 Å². The van der Waals surface area contributed by atoms with Gasteiger partial charge in [-0.05, 0) is 32.1 Å². The Hall–Kier alpha value is -1.63. The fourth-order valence-corrected chi connectivity index (χ4v) is 5.64. The predicted octanol–water partition coefficient (Wildman–Crippen LogP) is 4.83. The van der Waals surface area contributed by atoms with Crippen LogP contribution in [-0.4, -0.2) is 64.0 Å². The van der Waals surface area contributed by atoms with Gasteiger partial charge >= 0.3 is 13.5 Å². The average Bonchev–Trinajstić information content (AvgIpc) is 3.28. The Morgan fingerprint density at radius 1 is 1.31 bits per heavy atom. The van der Waals surface area contributed by atoms with Gasteiger partial charge in [-0.25, -0.2) is 9.36 Å². The maximum atomic E-state index is 12.6. The molecule has 0 bridgehead atoms. The maximum Gasteiger partial charge on any atom is 0.472 e. The number of aromatic nitrogens is 2. The van der Waals surface area contributed by atoms with E-state index in [9.17, 15) is 19.0 Å². The molecule has 1 fully saturated rings. The van der Waals surface area contributed by atoms with Crippen LogP contribution in [0.25, 0.3) is 10.4 Å². The number of nitrogens with zero attached hydrogens (tertiary/aromatic N) is 4. The zero-order valence-electron chi connectivity index (χ0n) is 23.2. The Morgan fingerprint density at radius 3 is 2.72 bits per heavy atom. The van der Waals surface area contributed by atoms with Crippen LogP contribution in [0, 0.1) is 6.92 Å². The van der Waals surface area contributed by atoms with E-state index in [-0.39, 0.29) is 19.1 Å². The number of azide groups is 1. The lowest BCUT2D eigenvalue weighted by atomic mass is 10.1. The molecule has 6 atom stereocenters. The molecule has 15 heteroatoms. The first-order chi connectivity index (χ1) is 18.6. The number of ether oxygens (including phenoxy) is 2. The number of hydrogen-bond donors (Lipinski definition) is 2. The van der Waals surface area contributed by atoms with Crippen molar-refractivity contribution in [1.29, 1.82) is 0 Å². The molecule has 2 rings (SSSR count). The summed E-state index contributed by atoms with van der Waals surface area (Å²) >= 11 is 1.55. The van der Waals surface area contributed by atoms with Gasteiger partial charge in [-0.3, -0.25) is 23.4 Å².